The van der Waals surface area contributed by atoms with Crippen molar-refractivity contribution in [2.24, 2.45) is 0 Å². The number of rotatable bonds is 0. The maximum atomic E-state index is 8.38. The molecule has 0 heterocycles. The largest absolute Gasteiger partial charge is 0 e. The van der Waals surface area contributed by atoms with Crippen molar-refractivity contribution in [2.75, 3.05) is 0 Å². The summed E-state index contributed by atoms with van der Waals surface area (Å²) in [5.74, 6) is 0. The van der Waals surface area contributed by atoms with Crippen molar-refractivity contribution in [3.8, 4) is 0 Å². The third kappa shape index (κ3) is 8.85. The van der Waals surface area contributed by atoms with Gasteiger partial charge in [0, 0.05) is 19.5 Å². The molecule has 0 spiro atoms. The topological polar surface area (TPSA) is 17.1 Å². The van der Waals surface area contributed by atoms with Gasteiger partial charge in [-0.3, -0.25) is 0 Å². The first-order valence-electron chi connectivity index (χ1n) is 0.289. The van der Waals surface area contributed by atoms with Crippen LogP contribution in [0.4, 0.5) is 0 Å². The summed E-state index contributed by atoms with van der Waals surface area (Å²) in [6, 6.07) is 0. The first kappa shape index (κ1) is 16.2. The maximum Gasteiger partial charge on any atom is 0 e. The first-order chi connectivity index (χ1) is 1.00. The van der Waals surface area contributed by atoms with Crippen LogP contribution in [0.2, 0.25) is 0 Å². The van der Waals surface area contributed by atoms with Crippen molar-refractivity contribution in [2.45, 2.75) is 0 Å². The minimum Gasteiger partial charge on any atom is 0 e. The SMILES string of the molecule is [CaH2].[O]=[Zn].[Zn]. The molecule has 0 aliphatic carbocycles. The van der Waals surface area contributed by atoms with Crippen LogP contribution in [0, 0.1) is 0 Å². The van der Waals surface area contributed by atoms with Crippen LogP contribution in [-0.2, 0) is 41.3 Å². The molecule has 0 aliphatic heterocycles. The zero-order chi connectivity index (χ0) is 2.00. The van der Waals surface area contributed by atoms with E-state index in [1.54, 1.807) is 0 Å². The van der Waals surface area contributed by atoms with E-state index < -0.39 is 0 Å². The second kappa shape index (κ2) is 18.5. The van der Waals surface area contributed by atoms with Crippen LogP contribution in [-0.4, -0.2) is 37.7 Å². The van der Waals surface area contributed by atoms with Gasteiger partial charge in [0.1, 0.15) is 0 Å². The third-order valence-corrected chi connectivity index (χ3v) is 0. The summed E-state index contributed by atoms with van der Waals surface area (Å²) in [5.41, 5.74) is 0. The van der Waals surface area contributed by atoms with E-state index in [2.05, 4.69) is 0 Å². The van der Waals surface area contributed by atoms with E-state index in [4.69, 9.17) is 3.57 Å². The summed E-state index contributed by atoms with van der Waals surface area (Å²) in [6.45, 7) is 0. The molecule has 0 aromatic heterocycles. The molecule has 0 aromatic rings. The molecule has 0 aliphatic rings. The van der Waals surface area contributed by atoms with Gasteiger partial charge in [-0.1, -0.05) is 0 Å². The van der Waals surface area contributed by atoms with Gasteiger partial charge in [0.25, 0.3) is 0 Å². The molecule has 14 valence electrons. The molecule has 0 rings (SSSR count). The molecule has 0 aromatic carbocycles. The molecule has 0 saturated heterocycles. The van der Waals surface area contributed by atoms with E-state index in [0.29, 0.717) is 0 Å². The van der Waals surface area contributed by atoms with Crippen LogP contribution in [0.15, 0.2) is 0 Å². The Kier molecular flexibility index (Phi) is 75.1. The second-order valence-electron chi connectivity index (χ2n) is 0. The van der Waals surface area contributed by atoms with Crippen LogP contribution in [0.3, 0.4) is 0 Å². The van der Waals surface area contributed by atoms with E-state index in [1.165, 1.54) is 0 Å². The Hall–Kier alpha value is 2.31. The Morgan fingerprint density at radius 3 is 1.25 bits per heavy atom. The quantitative estimate of drug-likeness (QED) is 0.444. The van der Waals surface area contributed by atoms with Gasteiger partial charge in [0.05, 0.1) is 0 Å². The van der Waals surface area contributed by atoms with Gasteiger partial charge in [-0.15, -0.1) is 0 Å². The van der Waals surface area contributed by atoms with Crippen molar-refractivity contribution in [1.29, 1.82) is 0 Å². The van der Waals surface area contributed by atoms with Gasteiger partial charge >= 0.3 is 59.6 Å². The van der Waals surface area contributed by atoms with Crippen LogP contribution >= 0.6 is 0 Å². The molecule has 4 heavy (non-hydrogen) atoms. The molecule has 0 radical (unpaired) electrons. The van der Waals surface area contributed by atoms with Crippen molar-refractivity contribution in [1.82, 2.24) is 0 Å². The van der Waals surface area contributed by atoms with Gasteiger partial charge < -0.3 is 0 Å². The summed E-state index contributed by atoms with van der Waals surface area (Å²) in [4.78, 5) is 0. The van der Waals surface area contributed by atoms with Gasteiger partial charge in [0.15, 0.2) is 0 Å². The standard InChI is InChI=1S/Ca.O.2Zn.2H. The fraction of sp³-hybridized carbons (Fsp3) is 0. The summed E-state index contributed by atoms with van der Waals surface area (Å²) in [7, 11) is 0. The molecular weight excluding hydrogens is 187 g/mol. The van der Waals surface area contributed by atoms with E-state index in [-0.39, 0.29) is 75.5 Å². The van der Waals surface area contributed by atoms with Crippen molar-refractivity contribution < 1.29 is 41.3 Å². The van der Waals surface area contributed by atoms with Gasteiger partial charge in [-0.2, -0.15) is 0 Å². The average Bonchev–Trinajstić information content (AvgIpc) is 1.00. The van der Waals surface area contributed by atoms with Gasteiger partial charge in [-0.25, -0.2) is 0 Å². The predicted molar refractivity (Wildman–Crippen MR) is 9.23 cm³/mol. The first-order valence-corrected chi connectivity index (χ1v) is 1.50. The maximum absolute atomic E-state index is 8.38. The Bertz CT molecular complexity index is 6.00. The van der Waals surface area contributed by atoms with Crippen LogP contribution in [0.25, 0.3) is 0 Å². The Morgan fingerprint density at radius 1 is 1.25 bits per heavy atom. The zero-order valence-electron chi connectivity index (χ0n) is 1.82. The monoisotopic (exact) mass is 186 g/mol. The average molecular weight is 189 g/mol. The van der Waals surface area contributed by atoms with Crippen molar-refractivity contribution in [3.05, 3.63) is 0 Å². The van der Waals surface area contributed by atoms with Crippen molar-refractivity contribution in [3.63, 3.8) is 0 Å². The summed E-state index contributed by atoms with van der Waals surface area (Å²) < 4.78 is 8.38. The molecule has 0 fully saturated rings. The fourth-order valence-electron chi connectivity index (χ4n) is 0. The fourth-order valence-corrected chi connectivity index (χ4v) is 0. The molecule has 0 atom stereocenters. The molecule has 1 nitrogen and oxygen atoms in total. The smallest absolute Gasteiger partial charge is 0 e. The van der Waals surface area contributed by atoms with Crippen LogP contribution < -0.4 is 0 Å². The molecule has 0 N–H and O–H groups in total. The van der Waals surface area contributed by atoms with Crippen LogP contribution in [0.5, 0.6) is 0 Å². The van der Waals surface area contributed by atoms with E-state index in [1.807, 2.05) is 0 Å². The summed E-state index contributed by atoms with van der Waals surface area (Å²) in [6.07, 6.45) is 0. The van der Waals surface area contributed by atoms with E-state index in [9.17, 15) is 0 Å². The Balaban J connectivity index is -0.00000000500. The third-order valence-electron chi connectivity index (χ3n) is 0. The minimum absolute atomic E-state index is 0. The number of hydrogen-bond acceptors (Lipinski definition) is 1. The van der Waals surface area contributed by atoms with E-state index in [0.717, 1.165) is 0 Å². The predicted octanol–water partition coefficient (Wildman–Crippen LogP) is -1.04. The second-order valence-corrected chi connectivity index (χ2v) is 0. The molecule has 0 saturated carbocycles. The molecule has 0 amide bonds. The molecule has 4 heteroatoms. The molecular formula is H2CaOZn2. The Morgan fingerprint density at radius 2 is 1.25 bits per heavy atom. The van der Waals surface area contributed by atoms with E-state index >= 15 is 0 Å². The summed E-state index contributed by atoms with van der Waals surface area (Å²) >= 11 is 0.125. The summed E-state index contributed by atoms with van der Waals surface area (Å²) in [5, 5.41) is 0. The Labute approximate surface area is 77.6 Å². The molecule has 0 unspecified atom stereocenters. The zero-order valence-corrected chi connectivity index (χ0v) is 7.76. The number of hydrogen-bond donors (Lipinski definition) is 0. The van der Waals surface area contributed by atoms with Gasteiger partial charge in [0.2, 0.25) is 0 Å². The minimum atomic E-state index is 0. The van der Waals surface area contributed by atoms with Crippen molar-refractivity contribution >= 4 is 37.7 Å². The molecule has 0 bridgehead atoms. The van der Waals surface area contributed by atoms with Crippen LogP contribution in [0.1, 0.15) is 0 Å². The van der Waals surface area contributed by atoms with Gasteiger partial charge in [-0.05, 0) is 0 Å². The normalized spacial score (nSPS) is 1.50.